The summed E-state index contributed by atoms with van der Waals surface area (Å²) in [7, 11) is -2.59. The molecule has 41 heavy (non-hydrogen) atoms. The molecule has 0 saturated carbocycles. The average molecular weight is 641 g/mol. The summed E-state index contributed by atoms with van der Waals surface area (Å²) in [6, 6.07) is 16.8. The monoisotopic (exact) mass is 639 g/mol. The molecule has 0 aliphatic carbocycles. The number of nitrogens with one attached hydrogen (secondary N) is 2. The second-order valence-electron chi connectivity index (χ2n) is 9.96. The first-order valence-electron chi connectivity index (χ1n) is 13.4. The van der Waals surface area contributed by atoms with Crippen molar-refractivity contribution in [2.75, 3.05) is 13.7 Å². The van der Waals surface area contributed by atoms with Gasteiger partial charge in [-0.25, -0.2) is 13.1 Å². The maximum absolute atomic E-state index is 12.9. The second-order valence-corrected chi connectivity index (χ2v) is 12.5. The van der Waals surface area contributed by atoms with E-state index < -0.39 is 15.9 Å². The lowest BCUT2D eigenvalue weighted by Crippen LogP contribution is -2.30. The largest absolute Gasteiger partial charge is 0.496 e. The molecule has 0 atom stereocenters. The molecule has 0 bridgehead atoms. The fourth-order valence-corrected chi connectivity index (χ4v) is 6.74. The predicted octanol–water partition coefficient (Wildman–Crippen LogP) is 6.05. The molecule has 3 aromatic carbocycles. The van der Waals surface area contributed by atoms with Crippen molar-refractivity contribution in [1.82, 2.24) is 14.6 Å². The molecule has 0 saturated heterocycles. The van der Waals surface area contributed by atoms with Crippen LogP contribution in [0.4, 0.5) is 0 Å². The van der Waals surface area contributed by atoms with Gasteiger partial charge in [0.1, 0.15) is 10.6 Å². The Morgan fingerprint density at radius 2 is 1.66 bits per heavy atom. The first-order valence-corrected chi connectivity index (χ1v) is 15.7. The van der Waals surface area contributed by atoms with Crippen molar-refractivity contribution in [3.8, 4) is 5.75 Å². The number of aryl methyl sites for hydroxylation is 1. The zero-order chi connectivity index (χ0) is 29.7. The zero-order valence-corrected chi connectivity index (χ0v) is 25.9. The van der Waals surface area contributed by atoms with E-state index in [1.165, 1.54) is 19.2 Å². The Labute approximate surface area is 249 Å². The number of benzene rings is 3. The molecule has 0 aliphatic heterocycles. The third kappa shape index (κ3) is 6.82. The van der Waals surface area contributed by atoms with Crippen LogP contribution in [-0.2, 0) is 16.6 Å². The van der Waals surface area contributed by atoms with Crippen molar-refractivity contribution in [3.63, 3.8) is 0 Å². The summed E-state index contributed by atoms with van der Waals surface area (Å²) in [6.07, 6.45) is 4.04. The molecule has 1 aromatic heterocycles. The highest BCUT2D eigenvalue weighted by Crippen LogP contribution is 2.27. The lowest BCUT2D eigenvalue weighted by Gasteiger charge is -2.14. The van der Waals surface area contributed by atoms with Crippen molar-refractivity contribution in [2.45, 2.75) is 45.1 Å². The lowest BCUT2D eigenvalue weighted by molar-refractivity contribution is 0.0944. The predicted molar refractivity (Wildman–Crippen MR) is 164 cm³/mol. The van der Waals surface area contributed by atoms with E-state index in [2.05, 4.69) is 39.8 Å². The number of carbonyl (C=O) groups is 2. The van der Waals surface area contributed by atoms with Crippen LogP contribution in [0.15, 0.2) is 76.2 Å². The van der Waals surface area contributed by atoms with E-state index in [0.29, 0.717) is 34.8 Å². The molecule has 0 fully saturated rings. The van der Waals surface area contributed by atoms with Gasteiger partial charge in [-0.15, -0.1) is 0 Å². The number of aromatic nitrogens is 1. The summed E-state index contributed by atoms with van der Waals surface area (Å²) < 4.78 is 35.7. The van der Waals surface area contributed by atoms with Crippen LogP contribution in [0.5, 0.6) is 5.75 Å². The molecule has 8 nitrogen and oxygen atoms in total. The molecule has 2 amide bonds. The molecule has 2 N–H and O–H groups in total. The van der Waals surface area contributed by atoms with Gasteiger partial charge >= 0.3 is 0 Å². The van der Waals surface area contributed by atoms with Crippen LogP contribution in [0.1, 0.15) is 58.5 Å². The third-order valence-corrected chi connectivity index (χ3v) is 9.64. The number of methoxy groups -OCH3 is 1. The van der Waals surface area contributed by atoms with Gasteiger partial charge in [0, 0.05) is 44.8 Å². The Balaban J connectivity index is 1.57. The van der Waals surface area contributed by atoms with Crippen molar-refractivity contribution in [3.05, 3.63) is 93.6 Å². The van der Waals surface area contributed by atoms with Gasteiger partial charge in [-0.3, -0.25) is 9.59 Å². The molecule has 4 aromatic rings. The number of rotatable bonds is 11. The number of sulfonamides is 1. The maximum atomic E-state index is 12.9. The van der Waals surface area contributed by atoms with E-state index in [1.54, 1.807) is 30.3 Å². The smallest absolute Gasteiger partial charge is 0.265 e. The number of hydrogen-bond acceptors (Lipinski definition) is 5. The second kappa shape index (κ2) is 12.9. The number of nitrogens with zero attached hydrogens (tertiary/aromatic N) is 1. The summed E-state index contributed by atoms with van der Waals surface area (Å²) in [5, 5.41) is 4.09. The Hall–Kier alpha value is -3.63. The molecular formula is C31H34BrN3O5S. The third-order valence-electron chi connectivity index (χ3n) is 7.29. The van der Waals surface area contributed by atoms with Gasteiger partial charge in [-0.1, -0.05) is 51.0 Å². The summed E-state index contributed by atoms with van der Waals surface area (Å²) in [5.41, 5.74) is 3.50. The van der Waals surface area contributed by atoms with Crippen molar-refractivity contribution >= 4 is 48.7 Å². The number of hydrogen-bond donors (Lipinski definition) is 2. The molecule has 0 radical (unpaired) electrons. The van der Waals surface area contributed by atoms with Gasteiger partial charge in [0.25, 0.3) is 21.8 Å². The fraction of sp³-hybridized carbons (Fsp3) is 0.290. The average Bonchev–Trinajstić information content (AvgIpc) is 3.27. The van der Waals surface area contributed by atoms with Gasteiger partial charge < -0.3 is 14.6 Å². The molecule has 0 aliphatic rings. The summed E-state index contributed by atoms with van der Waals surface area (Å²) in [4.78, 5) is 25.7. The van der Waals surface area contributed by atoms with E-state index in [4.69, 9.17) is 4.74 Å². The van der Waals surface area contributed by atoms with Crippen LogP contribution in [-0.4, -0.2) is 38.5 Å². The Morgan fingerprint density at radius 3 is 2.34 bits per heavy atom. The van der Waals surface area contributed by atoms with E-state index in [1.807, 2.05) is 35.9 Å². The molecule has 0 spiro atoms. The quantitative estimate of drug-likeness (QED) is 0.208. The lowest BCUT2D eigenvalue weighted by atomic mass is 10.0. The summed E-state index contributed by atoms with van der Waals surface area (Å²) in [6.45, 7) is 7.33. The minimum atomic E-state index is -4.09. The van der Waals surface area contributed by atoms with Gasteiger partial charge in [-0.2, -0.15) is 0 Å². The molecule has 4 rings (SSSR count). The number of amides is 2. The summed E-state index contributed by atoms with van der Waals surface area (Å²) in [5.74, 6) is 0.0210. The van der Waals surface area contributed by atoms with Gasteiger partial charge in [-0.05, 0) is 70.7 Å². The van der Waals surface area contributed by atoms with Gasteiger partial charge in [0.2, 0.25) is 0 Å². The minimum absolute atomic E-state index is 0.0320. The maximum Gasteiger partial charge on any atom is 0.265 e. The van der Waals surface area contributed by atoms with Crippen LogP contribution in [0, 0.1) is 12.8 Å². The zero-order valence-electron chi connectivity index (χ0n) is 23.5. The highest BCUT2D eigenvalue weighted by atomic mass is 79.9. The fourth-order valence-electron chi connectivity index (χ4n) is 4.76. The number of fused-ring (bicyclic) bond motifs is 1. The molecule has 0 unspecified atom stereocenters. The van der Waals surface area contributed by atoms with E-state index in [-0.39, 0.29) is 16.4 Å². The van der Waals surface area contributed by atoms with E-state index >= 15 is 0 Å². The Kier molecular flexibility index (Phi) is 9.55. The molecule has 216 valence electrons. The van der Waals surface area contributed by atoms with E-state index in [9.17, 15) is 18.0 Å². The molecule has 1 heterocycles. The van der Waals surface area contributed by atoms with Crippen LogP contribution in [0.3, 0.4) is 0 Å². The molecular weight excluding hydrogens is 606 g/mol. The van der Waals surface area contributed by atoms with Crippen LogP contribution in [0.2, 0.25) is 0 Å². The number of ether oxygens (including phenoxy) is 1. The topological polar surface area (TPSA) is 107 Å². The van der Waals surface area contributed by atoms with Crippen LogP contribution in [0.25, 0.3) is 10.9 Å². The van der Waals surface area contributed by atoms with Crippen LogP contribution < -0.4 is 14.8 Å². The number of halogens is 1. The standard InChI is InChI=1S/C31H34BrN3O5S/c1-5-21(6-2)17-33-30(36)22-13-14-25-20(3)18-35(27(25)15-22)19-24-12-11-23(16-28(24)40-4)31(37)34-41(38,39)29-10-8-7-9-26(29)32/h7-16,18,21H,5-6,17,19H2,1-4H3,(H,33,36)(H,34,37). The van der Waals surface area contributed by atoms with E-state index in [0.717, 1.165) is 34.9 Å². The normalized spacial score (nSPS) is 11.6. The molecule has 10 heteroatoms. The van der Waals surface area contributed by atoms with Crippen molar-refractivity contribution < 1.29 is 22.7 Å². The van der Waals surface area contributed by atoms with Gasteiger partial charge in [0.15, 0.2) is 0 Å². The first kappa shape index (κ1) is 30.3. The SMILES string of the molecule is CCC(CC)CNC(=O)c1ccc2c(C)cn(Cc3ccc(C(=O)NS(=O)(=O)c4ccccc4Br)cc3OC)c2c1. The Morgan fingerprint density at radius 1 is 0.976 bits per heavy atom. The van der Waals surface area contributed by atoms with Crippen molar-refractivity contribution in [1.29, 1.82) is 0 Å². The highest BCUT2D eigenvalue weighted by molar-refractivity contribution is 9.10. The van der Waals surface area contributed by atoms with Crippen LogP contribution >= 0.6 is 15.9 Å². The highest BCUT2D eigenvalue weighted by Gasteiger charge is 2.22. The Bertz CT molecular complexity index is 1690. The number of carbonyl (C=O) groups excluding carboxylic acids is 2. The van der Waals surface area contributed by atoms with Crippen molar-refractivity contribution in [2.24, 2.45) is 5.92 Å². The van der Waals surface area contributed by atoms with Gasteiger partial charge in [0.05, 0.1) is 13.7 Å². The minimum Gasteiger partial charge on any atom is -0.496 e. The first-order chi connectivity index (χ1) is 19.6. The summed E-state index contributed by atoms with van der Waals surface area (Å²) >= 11 is 3.22.